The Kier molecular flexibility index (Phi) is 6.27. The molecule has 0 N–H and O–H groups in total. The van der Waals surface area contributed by atoms with Crippen LogP contribution in [0.25, 0.3) is 10.2 Å². The number of amides is 1. The summed E-state index contributed by atoms with van der Waals surface area (Å²) in [7, 11) is 0. The SMILES string of the molecule is CCN(C(=O)CSC(c1ccccc1)c1ccccc1)c1nc2ccccc2s1. The Bertz CT molecular complexity index is 1010. The third-order valence-corrected chi connectivity index (χ3v) is 7.06. The van der Waals surface area contributed by atoms with Gasteiger partial charge in [0.05, 0.1) is 21.2 Å². The van der Waals surface area contributed by atoms with Crippen molar-refractivity contribution in [2.45, 2.75) is 12.2 Å². The minimum absolute atomic E-state index is 0.0911. The van der Waals surface area contributed by atoms with Crippen LogP contribution in [-0.4, -0.2) is 23.2 Å². The molecule has 0 fully saturated rings. The van der Waals surface area contributed by atoms with Crippen molar-refractivity contribution >= 4 is 44.4 Å². The number of hydrogen-bond acceptors (Lipinski definition) is 4. The highest BCUT2D eigenvalue weighted by Crippen LogP contribution is 2.36. The molecule has 1 aromatic heterocycles. The van der Waals surface area contributed by atoms with Crippen LogP contribution in [0.2, 0.25) is 0 Å². The van der Waals surface area contributed by atoms with E-state index in [-0.39, 0.29) is 11.2 Å². The summed E-state index contributed by atoms with van der Waals surface area (Å²) in [6.45, 7) is 2.61. The zero-order valence-electron chi connectivity index (χ0n) is 16.2. The second-order valence-electron chi connectivity index (χ2n) is 6.61. The van der Waals surface area contributed by atoms with Crippen LogP contribution in [0.3, 0.4) is 0 Å². The second kappa shape index (κ2) is 9.25. The van der Waals surface area contributed by atoms with Crippen molar-refractivity contribution < 1.29 is 4.79 Å². The highest BCUT2D eigenvalue weighted by molar-refractivity contribution is 8.00. The second-order valence-corrected chi connectivity index (χ2v) is 8.72. The van der Waals surface area contributed by atoms with Gasteiger partial charge in [-0.2, -0.15) is 0 Å². The molecule has 29 heavy (non-hydrogen) atoms. The molecule has 0 aliphatic heterocycles. The molecule has 0 unspecified atom stereocenters. The standard InChI is InChI=1S/C24H22N2OS2/c1-2-26(24-25-20-15-9-10-16-21(20)29-24)22(27)17-28-23(18-11-5-3-6-12-18)19-13-7-4-8-14-19/h3-16,23H,2,17H2,1H3. The highest BCUT2D eigenvalue weighted by atomic mass is 32.2. The number of carbonyl (C=O) groups is 1. The summed E-state index contributed by atoms with van der Waals surface area (Å²) in [5, 5.41) is 0.894. The highest BCUT2D eigenvalue weighted by Gasteiger charge is 2.21. The Morgan fingerprint density at radius 3 is 2.10 bits per heavy atom. The zero-order valence-corrected chi connectivity index (χ0v) is 17.8. The predicted octanol–water partition coefficient (Wildman–Crippen LogP) is 6.17. The van der Waals surface area contributed by atoms with Crippen LogP contribution >= 0.6 is 23.1 Å². The molecule has 4 rings (SSSR count). The average Bonchev–Trinajstić information content (AvgIpc) is 3.19. The summed E-state index contributed by atoms with van der Waals surface area (Å²) in [4.78, 5) is 19.5. The number of rotatable bonds is 7. The van der Waals surface area contributed by atoms with Crippen molar-refractivity contribution in [2.75, 3.05) is 17.2 Å². The van der Waals surface area contributed by atoms with E-state index in [1.165, 1.54) is 11.1 Å². The number of nitrogens with zero attached hydrogens (tertiary/aromatic N) is 2. The van der Waals surface area contributed by atoms with Crippen LogP contribution in [0.5, 0.6) is 0 Å². The number of carbonyl (C=O) groups excluding carboxylic acids is 1. The monoisotopic (exact) mass is 418 g/mol. The van der Waals surface area contributed by atoms with Gasteiger partial charge in [-0.05, 0) is 30.2 Å². The molecular weight excluding hydrogens is 396 g/mol. The fourth-order valence-corrected chi connectivity index (χ4v) is 5.48. The van der Waals surface area contributed by atoms with Crippen LogP contribution in [0, 0.1) is 0 Å². The molecule has 3 nitrogen and oxygen atoms in total. The lowest BCUT2D eigenvalue weighted by molar-refractivity contribution is -0.116. The number of aromatic nitrogens is 1. The molecular formula is C24H22N2OS2. The van der Waals surface area contributed by atoms with E-state index in [1.807, 2.05) is 67.6 Å². The van der Waals surface area contributed by atoms with Crippen LogP contribution in [0.1, 0.15) is 23.3 Å². The third-order valence-electron chi connectivity index (χ3n) is 4.71. The topological polar surface area (TPSA) is 33.2 Å². The van der Waals surface area contributed by atoms with Gasteiger partial charge in [0.2, 0.25) is 5.91 Å². The van der Waals surface area contributed by atoms with Gasteiger partial charge >= 0.3 is 0 Å². The molecule has 3 aromatic carbocycles. The minimum atomic E-state index is 0.0911. The molecule has 0 spiro atoms. The summed E-state index contributed by atoms with van der Waals surface area (Å²) in [5.41, 5.74) is 3.36. The van der Waals surface area contributed by atoms with Gasteiger partial charge in [0, 0.05) is 6.54 Å². The number of para-hydroxylation sites is 1. The van der Waals surface area contributed by atoms with E-state index in [0.717, 1.165) is 15.3 Å². The Morgan fingerprint density at radius 2 is 1.52 bits per heavy atom. The molecule has 0 aliphatic rings. The van der Waals surface area contributed by atoms with Gasteiger partial charge < -0.3 is 0 Å². The molecule has 0 saturated heterocycles. The molecule has 0 bridgehead atoms. The van der Waals surface area contributed by atoms with Crippen molar-refractivity contribution in [3.63, 3.8) is 0 Å². The van der Waals surface area contributed by atoms with Gasteiger partial charge in [-0.15, -0.1) is 11.8 Å². The summed E-state index contributed by atoms with van der Waals surface area (Å²) in [5.74, 6) is 0.492. The van der Waals surface area contributed by atoms with Crippen molar-refractivity contribution in [2.24, 2.45) is 0 Å². The smallest absolute Gasteiger partial charge is 0.238 e. The lowest BCUT2D eigenvalue weighted by Crippen LogP contribution is -2.32. The van der Waals surface area contributed by atoms with Gasteiger partial charge in [-0.3, -0.25) is 9.69 Å². The Morgan fingerprint density at radius 1 is 0.931 bits per heavy atom. The molecule has 0 radical (unpaired) electrons. The van der Waals surface area contributed by atoms with E-state index in [9.17, 15) is 4.79 Å². The Balaban J connectivity index is 1.53. The number of anilines is 1. The van der Waals surface area contributed by atoms with Crippen molar-refractivity contribution in [3.8, 4) is 0 Å². The number of thioether (sulfide) groups is 1. The maximum absolute atomic E-state index is 13.1. The third kappa shape index (κ3) is 4.52. The predicted molar refractivity (Wildman–Crippen MR) is 125 cm³/mol. The number of thiazole rings is 1. The summed E-state index contributed by atoms with van der Waals surface area (Å²) >= 11 is 3.24. The first-order chi connectivity index (χ1) is 14.3. The van der Waals surface area contributed by atoms with E-state index in [2.05, 4.69) is 29.2 Å². The van der Waals surface area contributed by atoms with E-state index >= 15 is 0 Å². The molecule has 146 valence electrons. The van der Waals surface area contributed by atoms with Gasteiger partial charge in [0.15, 0.2) is 5.13 Å². The van der Waals surface area contributed by atoms with Gasteiger partial charge in [-0.25, -0.2) is 4.98 Å². The van der Waals surface area contributed by atoms with Crippen molar-refractivity contribution in [1.29, 1.82) is 0 Å². The summed E-state index contributed by atoms with van der Waals surface area (Å²) < 4.78 is 1.10. The molecule has 1 amide bonds. The van der Waals surface area contributed by atoms with Crippen molar-refractivity contribution in [3.05, 3.63) is 96.1 Å². The molecule has 0 atom stereocenters. The fourth-order valence-electron chi connectivity index (χ4n) is 3.27. The average molecular weight is 419 g/mol. The van der Waals surface area contributed by atoms with Crippen LogP contribution in [0.15, 0.2) is 84.9 Å². The van der Waals surface area contributed by atoms with E-state index in [0.29, 0.717) is 12.3 Å². The number of benzene rings is 3. The van der Waals surface area contributed by atoms with Crippen molar-refractivity contribution in [1.82, 2.24) is 4.98 Å². The first-order valence-electron chi connectivity index (χ1n) is 9.63. The van der Waals surface area contributed by atoms with Gasteiger partial charge in [-0.1, -0.05) is 84.1 Å². The quantitative estimate of drug-likeness (QED) is 0.360. The molecule has 5 heteroatoms. The largest absolute Gasteiger partial charge is 0.288 e. The first kappa shape index (κ1) is 19.7. The number of fused-ring (bicyclic) bond motifs is 1. The van der Waals surface area contributed by atoms with Crippen LogP contribution in [0.4, 0.5) is 5.13 Å². The Hall–Kier alpha value is -2.63. The molecule has 1 heterocycles. The summed E-state index contributed by atoms with van der Waals surface area (Å²) in [6, 6.07) is 28.8. The fraction of sp³-hybridized carbons (Fsp3) is 0.167. The lowest BCUT2D eigenvalue weighted by atomic mass is 10.0. The Labute approximate surface area is 179 Å². The molecule has 0 aliphatic carbocycles. The zero-order chi connectivity index (χ0) is 20.1. The van der Waals surface area contributed by atoms with Gasteiger partial charge in [0.1, 0.15) is 0 Å². The normalized spacial score (nSPS) is 11.1. The molecule has 0 saturated carbocycles. The first-order valence-corrected chi connectivity index (χ1v) is 11.5. The van der Waals surface area contributed by atoms with E-state index < -0.39 is 0 Å². The van der Waals surface area contributed by atoms with Crippen LogP contribution < -0.4 is 4.90 Å². The maximum Gasteiger partial charge on any atom is 0.238 e. The van der Waals surface area contributed by atoms with E-state index in [4.69, 9.17) is 0 Å². The van der Waals surface area contributed by atoms with Gasteiger partial charge in [0.25, 0.3) is 0 Å². The maximum atomic E-state index is 13.1. The van der Waals surface area contributed by atoms with Crippen LogP contribution in [-0.2, 0) is 4.79 Å². The number of hydrogen-bond donors (Lipinski definition) is 0. The van der Waals surface area contributed by atoms with E-state index in [1.54, 1.807) is 28.0 Å². The minimum Gasteiger partial charge on any atom is -0.288 e. The lowest BCUT2D eigenvalue weighted by Gasteiger charge is -2.21. The molecule has 4 aromatic rings. The summed E-state index contributed by atoms with van der Waals surface area (Å²) in [6.07, 6.45) is 0.